The van der Waals surface area contributed by atoms with Gasteiger partial charge in [0.2, 0.25) is 0 Å². The van der Waals surface area contributed by atoms with Gasteiger partial charge in [0.1, 0.15) is 11.9 Å². The first kappa shape index (κ1) is 22.5. The number of anilines is 1. The van der Waals surface area contributed by atoms with E-state index in [4.69, 9.17) is 14.2 Å². The summed E-state index contributed by atoms with van der Waals surface area (Å²) in [5, 5.41) is 3.53. The highest BCUT2D eigenvalue weighted by Crippen LogP contribution is 2.22. The van der Waals surface area contributed by atoms with Crippen molar-refractivity contribution < 1.29 is 14.2 Å². The van der Waals surface area contributed by atoms with Crippen LogP contribution >= 0.6 is 24.0 Å². The molecule has 4 rings (SSSR count). The van der Waals surface area contributed by atoms with E-state index in [1.807, 2.05) is 19.3 Å². The topological polar surface area (TPSA) is 71.5 Å². The summed E-state index contributed by atoms with van der Waals surface area (Å²) in [4.78, 5) is 13.7. The number of hydrogen-bond donors (Lipinski definition) is 1. The summed E-state index contributed by atoms with van der Waals surface area (Å²) in [5.74, 6) is 1.94. The minimum Gasteiger partial charge on any atom is -0.378 e. The number of morpholine rings is 2. The summed E-state index contributed by atoms with van der Waals surface area (Å²) in [6, 6.07) is 4.12. The predicted octanol–water partition coefficient (Wildman–Crippen LogP) is 1.49. The lowest BCUT2D eigenvalue weighted by Crippen LogP contribution is -2.53. The Morgan fingerprint density at radius 2 is 2.00 bits per heavy atom. The van der Waals surface area contributed by atoms with Crippen molar-refractivity contribution in [2.24, 2.45) is 4.99 Å². The van der Waals surface area contributed by atoms with Crippen molar-refractivity contribution in [2.45, 2.75) is 31.6 Å². The van der Waals surface area contributed by atoms with E-state index in [-0.39, 0.29) is 36.2 Å². The maximum absolute atomic E-state index is 5.97. The van der Waals surface area contributed by atoms with Gasteiger partial charge in [-0.25, -0.2) is 4.98 Å². The van der Waals surface area contributed by atoms with Crippen LogP contribution in [0.1, 0.15) is 18.4 Å². The van der Waals surface area contributed by atoms with Crippen molar-refractivity contribution in [3.63, 3.8) is 0 Å². The molecule has 2 unspecified atom stereocenters. The van der Waals surface area contributed by atoms with Crippen LogP contribution in [0.25, 0.3) is 0 Å². The second-order valence-corrected chi connectivity index (χ2v) is 7.39. The molecule has 4 heterocycles. The molecule has 0 aromatic carbocycles. The first-order chi connectivity index (χ1) is 13.8. The summed E-state index contributed by atoms with van der Waals surface area (Å²) in [6.07, 6.45) is 4.41. The van der Waals surface area contributed by atoms with Crippen LogP contribution < -0.4 is 10.2 Å². The van der Waals surface area contributed by atoms with Gasteiger partial charge in [0.15, 0.2) is 5.96 Å². The number of hydrogen-bond acceptors (Lipinski definition) is 6. The van der Waals surface area contributed by atoms with Gasteiger partial charge >= 0.3 is 0 Å². The molecule has 8 nitrogen and oxygen atoms in total. The molecule has 0 radical (unpaired) electrons. The molecule has 2 atom stereocenters. The Bertz CT molecular complexity index is 665. The van der Waals surface area contributed by atoms with Crippen LogP contribution in [0.3, 0.4) is 0 Å². The fraction of sp³-hybridized carbons (Fsp3) is 0.700. The van der Waals surface area contributed by atoms with Crippen LogP contribution in [-0.4, -0.2) is 87.7 Å². The average Bonchev–Trinajstić information content (AvgIpc) is 3.30. The maximum Gasteiger partial charge on any atom is 0.194 e. The van der Waals surface area contributed by atoms with E-state index < -0.39 is 0 Å². The number of guanidine groups is 1. The van der Waals surface area contributed by atoms with Crippen LogP contribution in [0.15, 0.2) is 23.3 Å². The van der Waals surface area contributed by atoms with Crippen molar-refractivity contribution in [2.75, 3.05) is 64.6 Å². The molecular formula is C20H32IN5O3. The summed E-state index contributed by atoms with van der Waals surface area (Å²) >= 11 is 0. The molecule has 1 aromatic heterocycles. The van der Waals surface area contributed by atoms with E-state index in [0.717, 1.165) is 70.6 Å². The molecule has 0 bridgehead atoms. The Hall–Kier alpha value is -1.17. The van der Waals surface area contributed by atoms with Gasteiger partial charge in [0.05, 0.1) is 25.9 Å². The zero-order valence-electron chi connectivity index (χ0n) is 17.1. The molecule has 9 heteroatoms. The lowest BCUT2D eigenvalue weighted by molar-refractivity contribution is -0.0817. The third-order valence-electron chi connectivity index (χ3n) is 5.60. The van der Waals surface area contributed by atoms with Gasteiger partial charge in [-0.1, -0.05) is 6.07 Å². The standard InChI is InChI=1S/C20H31N5O3.HI/c1-21-20(25-9-13-28-18(15-25)17-5-3-10-27-17)23-14-16-4-2-6-22-19(16)24-7-11-26-12-8-24;/h2,4,6,17-18H,3,5,7-15H2,1H3,(H,21,23);1H. The number of nitrogens with one attached hydrogen (secondary N) is 1. The molecule has 0 saturated carbocycles. The van der Waals surface area contributed by atoms with E-state index in [9.17, 15) is 0 Å². The smallest absolute Gasteiger partial charge is 0.194 e. The van der Waals surface area contributed by atoms with Crippen molar-refractivity contribution in [3.05, 3.63) is 23.9 Å². The zero-order valence-corrected chi connectivity index (χ0v) is 19.4. The fourth-order valence-corrected chi connectivity index (χ4v) is 4.12. The van der Waals surface area contributed by atoms with Crippen LogP contribution in [0.5, 0.6) is 0 Å². The Balaban J connectivity index is 0.00000240. The Labute approximate surface area is 190 Å². The lowest BCUT2D eigenvalue weighted by atomic mass is 10.1. The molecule has 162 valence electrons. The molecule has 1 aromatic rings. The highest BCUT2D eigenvalue weighted by atomic mass is 127. The Kier molecular flexibility index (Phi) is 8.76. The van der Waals surface area contributed by atoms with Gasteiger partial charge in [0, 0.05) is 58.1 Å². The number of aromatic nitrogens is 1. The quantitative estimate of drug-likeness (QED) is 0.369. The van der Waals surface area contributed by atoms with Gasteiger partial charge in [-0.3, -0.25) is 4.99 Å². The van der Waals surface area contributed by atoms with Crippen molar-refractivity contribution >= 4 is 35.8 Å². The fourth-order valence-electron chi connectivity index (χ4n) is 4.12. The van der Waals surface area contributed by atoms with Gasteiger partial charge in [-0.2, -0.15) is 0 Å². The lowest BCUT2D eigenvalue weighted by Gasteiger charge is -2.37. The molecule has 3 fully saturated rings. The van der Waals surface area contributed by atoms with Gasteiger partial charge in [-0.05, 0) is 18.9 Å². The van der Waals surface area contributed by atoms with E-state index in [2.05, 4.69) is 31.2 Å². The van der Waals surface area contributed by atoms with E-state index in [1.54, 1.807) is 0 Å². The first-order valence-corrected chi connectivity index (χ1v) is 10.3. The monoisotopic (exact) mass is 517 g/mol. The molecule has 29 heavy (non-hydrogen) atoms. The minimum absolute atomic E-state index is 0. The van der Waals surface area contributed by atoms with Crippen LogP contribution in [0.2, 0.25) is 0 Å². The summed E-state index contributed by atoms with van der Waals surface area (Å²) < 4.78 is 17.3. The van der Waals surface area contributed by atoms with Crippen molar-refractivity contribution in [3.8, 4) is 0 Å². The zero-order chi connectivity index (χ0) is 19.2. The third-order valence-corrected chi connectivity index (χ3v) is 5.60. The Morgan fingerprint density at radius 1 is 1.17 bits per heavy atom. The molecule has 0 spiro atoms. The average molecular weight is 517 g/mol. The normalized spacial score (nSPS) is 25.6. The van der Waals surface area contributed by atoms with Gasteiger partial charge < -0.3 is 29.3 Å². The first-order valence-electron chi connectivity index (χ1n) is 10.3. The molecule has 3 saturated heterocycles. The van der Waals surface area contributed by atoms with E-state index in [1.165, 1.54) is 5.56 Å². The van der Waals surface area contributed by atoms with E-state index >= 15 is 0 Å². The SMILES string of the molecule is CN=C(NCc1cccnc1N1CCOCC1)N1CCOC(C2CCCO2)C1.I. The van der Waals surface area contributed by atoms with E-state index in [0.29, 0.717) is 13.2 Å². The molecule has 0 amide bonds. The molecule has 1 N–H and O–H groups in total. The number of ether oxygens (including phenoxy) is 3. The van der Waals surface area contributed by atoms with Crippen molar-refractivity contribution in [1.29, 1.82) is 0 Å². The summed E-state index contributed by atoms with van der Waals surface area (Å²) in [6.45, 7) is 7.17. The highest BCUT2D eigenvalue weighted by Gasteiger charge is 2.32. The molecule has 3 aliphatic rings. The predicted molar refractivity (Wildman–Crippen MR) is 123 cm³/mol. The van der Waals surface area contributed by atoms with Crippen LogP contribution in [-0.2, 0) is 20.8 Å². The minimum atomic E-state index is 0. The molecule has 0 aliphatic carbocycles. The van der Waals surface area contributed by atoms with Gasteiger partial charge in [0.25, 0.3) is 0 Å². The maximum atomic E-state index is 5.97. The highest BCUT2D eigenvalue weighted by molar-refractivity contribution is 14.0. The number of aliphatic imine (C=N–C) groups is 1. The van der Waals surface area contributed by atoms with Crippen molar-refractivity contribution in [1.82, 2.24) is 15.2 Å². The largest absolute Gasteiger partial charge is 0.378 e. The second kappa shape index (κ2) is 11.3. The molecule has 3 aliphatic heterocycles. The Morgan fingerprint density at radius 3 is 2.76 bits per heavy atom. The summed E-state index contributed by atoms with van der Waals surface area (Å²) in [5.41, 5.74) is 1.18. The number of nitrogens with zero attached hydrogens (tertiary/aromatic N) is 4. The molecular weight excluding hydrogens is 485 g/mol. The number of pyridine rings is 1. The number of rotatable bonds is 4. The second-order valence-electron chi connectivity index (χ2n) is 7.39. The summed E-state index contributed by atoms with van der Waals surface area (Å²) in [7, 11) is 1.84. The third kappa shape index (κ3) is 5.71. The van der Waals surface area contributed by atoms with Gasteiger partial charge in [-0.15, -0.1) is 24.0 Å². The van der Waals surface area contributed by atoms with Crippen LogP contribution in [0, 0.1) is 0 Å². The van der Waals surface area contributed by atoms with Crippen LogP contribution in [0.4, 0.5) is 5.82 Å². The number of halogens is 1.